The first-order valence-electron chi connectivity index (χ1n) is 9.17. The summed E-state index contributed by atoms with van der Waals surface area (Å²) in [5, 5.41) is 0. The second-order valence-electron chi connectivity index (χ2n) is 6.92. The monoisotopic (exact) mass is 298 g/mol. The van der Waals surface area contributed by atoms with Gasteiger partial charge >= 0.3 is 5.97 Å². The molecular formula is C19H38O2. The Morgan fingerprint density at radius 2 is 1.24 bits per heavy atom. The number of rotatable bonds is 14. The number of esters is 1. The van der Waals surface area contributed by atoms with E-state index in [0.29, 0.717) is 6.61 Å². The van der Waals surface area contributed by atoms with E-state index in [-0.39, 0.29) is 11.4 Å². The van der Waals surface area contributed by atoms with Gasteiger partial charge in [-0.15, -0.1) is 0 Å². The molecule has 0 saturated heterocycles. The molecular weight excluding hydrogens is 260 g/mol. The molecule has 0 amide bonds. The zero-order chi connectivity index (χ0) is 16.0. The van der Waals surface area contributed by atoms with Crippen LogP contribution in [0.1, 0.15) is 105 Å². The maximum atomic E-state index is 11.1. The summed E-state index contributed by atoms with van der Waals surface area (Å²) in [5.74, 6) is -0.141. The average Bonchev–Trinajstić information content (AvgIpc) is 2.45. The zero-order valence-corrected chi connectivity index (χ0v) is 15.0. The van der Waals surface area contributed by atoms with Gasteiger partial charge in [-0.2, -0.15) is 0 Å². The fourth-order valence-corrected chi connectivity index (χ4v) is 2.86. The molecule has 0 aliphatic rings. The van der Waals surface area contributed by atoms with Crippen LogP contribution in [0.15, 0.2) is 0 Å². The third-order valence-corrected chi connectivity index (χ3v) is 4.39. The molecule has 21 heavy (non-hydrogen) atoms. The van der Waals surface area contributed by atoms with E-state index in [2.05, 4.69) is 20.8 Å². The Morgan fingerprint density at radius 1 is 0.810 bits per heavy atom. The molecule has 0 aromatic rings. The highest BCUT2D eigenvalue weighted by atomic mass is 16.5. The summed E-state index contributed by atoms with van der Waals surface area (Å²) >= 11 is 0. The van der Waals surface area contributed by atoms with Crippen molar-refractivity contribution in [3.05, 3.63) is 0 Å². The maximum absolute atomic E-state index is 11.1. The van der Waals surface area contributed by atoms with Gasteiger partial charge in [-0.3, -0.25) is 4.79 Å². The van der Waals surface area contributed by atoms with Crippen molar-refractivity contribution in [2.75, 3.05) is 6.61 Å². The highest BCUT2D eigenvalue weighted by Crippen LogP contribution is 2.32. The van der Waals surface area contributed by atoms with Gasteiger partial charge in [0.15, 0.2) is 0 Å². The molecule has 0 bridgehead atoms. The minimum atomic E-state index is -0.141. The fourth-order valence-electron chi connectivity index (χ4n) is 2.86. The lowest BCUT2D eigenvalue weighted by molar-refractivity contribution is -0.144. The molecule has 1 atom stereocenters. The van der Waals surface area contributed by atoms with Gasteiger partial charge in [0.25, 0.3) is 0 Å². The highest BCUT2D eigenvalue weighted by molar-refractivity contribution is 5.65. The highest BCUT2D eigenvalue weighted by Gasteiger charge is 2.24. The number of hydrogen-bond donors (Lipinski definition) is 0. The SMILES string of the molecule is CCCCCCCCC(C)(CCCCCC)COC(C)=O. The summed E-state index contributed by atoms with van der Waals surface area (Å²) in [7, 11) is 0. The standard InChI is InChI=1S/C19H38O2/c1-5-7-9-11-12-14-16-19(4,17-21-18(3)20)15-13-10-8-6-2/h5-17H2,1-4H3. The van der Waals surface area contributed by atoms with E-state index in [9.17, 15) is 4.79 Å². The van der Waals surface area contributed by atoms with E-state index in [4.69, 9.17) is 4.74 Å². The van der Waals surface area contributed by atoms with Crippen LogP contribution in [-0.4, -0.2) is 12.6 Å². The molecule has 0 aliphatic carbocycles. The molecule has 0 radical (unpaired) electrons. The van der Waals surface area contributed by atoms with Crippen LogP contribution in [0.4, 0.5) is 0 Å². The van der Waals surface area contributed by atoms with Crippen LogP contribution in [0, 0.1) is 5.41 Å². The van der Waals surface area contributed by atoms with Crippen molar-refractivity contribution >= 4 is 5.97 Å². The van der Waals surface area contributed by atoms with E-state index < -0.39 is 0 Å². The third kappa shape index (κ3) is 12.9. The summed E-state index contributed by atoms with van der Waals surface area (Å²) in [6.07, 6.45) is 15.5. The topological polar surface area (TPSA) is 26.3 Å². The van der Waals surface area contributed by atoms with Crippen LogP contribution < -0.4 is 0 Å². The summed E-state index contributed by atoms with van der Waals surface area (Å²) in [4.78, 5) is 11.1. The van der Waals surface area contributed by atoms with E-state index in [1.54, 1.807) is 0 Å². The van der Waals surface area contributed by atoms with Crippen molar-refractivity contribution < 1.29 is 9.53 Å². The molecule has 0 rings (SSSR count). The van der Waals surface area contributed by atoms with Gasteiger partial charge in [0.2, 0.25) is 0 Å². The Bertz CT molecular complexity index is 250. The Balaban J connectivity index is 4.01. The van der Waals surface area contributed by atoms with E-state index in [1.807, 2.05) is 0 Å². The molecule has 126 valence electrons. The van der Waals surface area contributed by atoms with Gasteiger partial charge in [-0.05, 0) is 12.8 Å². The smallest absolute Gasteiger partial charge is 0.302 e. The fraction of sp³-hybridized carbons (Fsp3) is 0.947. The first-order valence-corrected chi connectivity index (χ1v) is 9.17. The Hall–Kier alpha value is -0.530. The van der Waals surface area contributed by atoms with Crippen LogP contribution in [0.25, 0.3) is 0 Å². The molecule has 2 heteroatoms. The zero-order valence-electron chi connectivity index (χ0n) is 15.0. The van der Waals surface area contributed by atoms with Crippen LogP contribution in [-0.2, 0) is 9.53 Å². The second-order valence-corrected chi connectivity index (χ2v) is 6.92. The lowest BCUT2D eigenvalue weighted by Crippen LogP contribution is -2.25. The van der Waals surface area contributed by atoms with Gasteiger partial charge in [-0.1, -0.05) is 85.0 Å². The first kappa shape index (κ1) is 20.5. The summed E-state index contributed by atoms with van der Waals surface area (Å²) in [6.45, 7) is 8.92. The Kier molecular flexibility index (Phi) is 12.8. The van der Waals surface area contributed by atoms with Crippen molar-refractivity contribution in [2.45, 2.75) is 105 Å². The molecule has 0 saturated carbocycles. The number of carbonyl (C=O) groups excluding carboxylic acids is 1. The number of carbonyl (C=O) groups is 1. The number of ether oxygens (including phenoxy) is 1. The molecule has 0 aromatic heterocycles. The molecule has 0 fully saturated rings. The summed E-state index contributed by atoms with van der Waals surface area (Å²) in [6, 6.07) is 0. The van der Waals surface area contributed by atoms with Crippen molar-refractivity contribution in [2.24, 2.45) is 5.41 Å². The minimum absolute atomic E-state index is 0.141. The van der Waals surface area contributed by atoms with Gasteiger partial charge in [0.05, 0.1) is 6.61 Å². The Labute approximate surface area is 133 Å². The van der Waals surface area contributed by atoms with Gasteiger partial charge in [0, 0.05) is 12.3 Å². The van der Waals surface area contributed by atoms with Crippen molar-refractivity contribution in [3.8, 4) is 0 Å². The summed E-state index contributed by atoms with van der Waals surface area (Å²) < 4.78 is 5.32. The van der Waals surface area contributed by atoms with Gasteiger partial charge in [-0.25, -0.2) is 0 Å². The third-order valence-electron chi connectivity index (χ3n) is 4.39. The molecule has 2 nitrogen and oxygen atoms in total. The largest absolute Gasteiger partial charge is 0.465 e. The van der Waals surface area contributed by atoms with Crippen molar-refractivity contribution in [3.63, 3.8) is 0 Å². The molecule has 0 heterocycles. The maximum Gasteiger partial charge on any atom is 0.302 e. The quantitative estimate of drug-likeness (QED) is 0.279. The predicted molar refractivity (Wildman–Crippen MR) is 91.5 cm³/mol. The predicted octanol–water partition coefficient (Wildman–Crippen LogP) is 6.28. The summed E-state index contributed by atoms with van der Waals surface area (Å²) in [5.41, 5.74) is 0.185. The molecule has 0 aromatic carbocycles. The van der Waals surface area contributed by atoms with Gasteiger partial charge in [0.1, 0.15) is 0 Å². The number of unbranched alkanes of at least 4 members (excludes halogenated alkanes) is 8. The molecule has 1 unspecified atom stereocenters. The van der Waals surface area contributed by atoms with Gasteiger partial charge < -0.3 is 4.74 Å². The minimum Gasteiger partial charge on any atom is -0.465 e. The van der Waals surface area contributed by atoms with E-state index in [1.165, 1.54) is 84.0 Å². The molecule has 0 aliphatic heterocycles. The van der Waals surface area contributed by atoms with Crippen molar-refractivity contribution in [1.29, 1.82) is 0 Å². The lowest BCUT2D eigenvalue weighted by Gasteiger charge is -2.29. The average molecular weight is 299 g/mol. The molecule has 0 spiro atoms. The lowest BCUT2D eigenvalue weighted by atomic mass is 9.80. The van der Waals surface area contributed by atoms with Crippen LogP contribution >= 0.6 is 0 Å². The molecule has 0 N–H and O–H groups in total. The van der Waals surface area contributed by atoms with Crippen LogP contribution in [0.3, 0.4) is 0 Å². The normalized spacial score (nSPS) is 13.9. The van der Waals surface area contributed by atoms with Crippen LogP contribution in [0.5, 0.6) is 0 Å². The Morgan fingerprint density at radius 3 is 1.71 bits per heavy atom. The van der Waals surface area contributed by atoms with Crippen molar-refractivity contribution in [1.82, 2.24) is 0 Å². The van der Waals surface area contributed by atoms with Crippen LogP contribution in [0.2, 0.25) is 0 Å². The first-order chi connectivity index (χ1) is 10.0. The second kappa shape index (κ2) is 13.2. The number of hydrogen-bond acceptors (Lipinski definition) is 2. The van der Waals surface area contributed by atoms with E-state index >= 15 is 0 Å². The van der Waals surface area contributed by atoms with E-state index in [0.717, 1.165) is 0 Å².